The summed E-state index contributed by atoms with van der Waals surface area (Å²) in [6.07, 6.45) is 5.92. The fraction of sp³-hybridized carbons (Fsp3) is 0.231. The fourth-order valence-electron chi connectivity index (χ4n) is 1.50. The van der Waals surface area contributed by atoms with Crippen molar-refractivity contribution >= 4 is 11.5 Å². The van der Waals surface area contributed by atoms with E-state index >= 15 is 0 Å². The van der Waals surface area contributed by atoms with Crippen molar-refractivity contribution in [1.82, 2.24) is 4.98 Å². The Balaban J connectivity index is 2.14. The number of anilines is 2. The highest BCUT2D eigenvalue weighted by molar-refractivity contribution is 5.54. The average Bonchev–Trinajstić information content (AvgIpc) is 2.30. The van der Waals surface area contributed by atoms with Gasteiger partial charge in [0.05, 0.1) is 5.69 Å². The monoisotopic (exact) mass is 214 g/mol. The van der Waals surface area contributed by atoms with Gasteiger partial charge in [-0.3, -0.25) is 0 Å². The standard InChI is InChI=1S/C13H15N3/c1-3-16-8-5-12(6-9-16)15-13-10-11(2)4-7-14-13/h4-10H,3H2,1-2H3/p+1. The number of aromatic nitrogens is 2. The molecule has 0 fully saturated rings. The molecule has 2 aromatic rings. The normalized spacial score (nSPS) is 10.1. The van der Waals surface area contributed by atoms with Gasteiger partial charge in [-0.2, -0.15) is 0 Å². The lowest BCUT2D eigenvalue weighted by molar-refractivity contribution is -0.693. The van der Waals surface area contributed by atoms with Crippen LogP contribution in [0.15, 0.2) is 42.9 Å². The zero-order valence-electron chi connectivity index (χ0n) is 9.64. The summed E-state index contributed by atoms with van der Waals surface area (Å²) in [6, 6.07) is 8.11. The summed E-state index contributed by atoms with van der Waals surface area (Å²) in [4.78, 5) is 4.26. The lowest BCUT2D eigenvalue weighted by Crippen LogP contribution is -2.30. The lowest BCUT2D eigenvalue weighted by Gasteiger charge is -2.04. The minimum Gasteiger partial charge on any atom is -0.340 e. The van der Waals surface area contributed by atoms with Crippen LogP contribution in [0.25, 0.3) is 0 Å². The number of nitrogens with one attached hydrogen (secondary N) is 1. The predicted octanol–water partition coefficient (Wildman–Crippen LogP) is 2.44. The van der Waals surface area contributed by atoms with Crippen LogP contribution >= 0.6 is 0 Å². The van der Waals surface area contributed by atoms with E-state index in [0.717, 1.165) is 18.1 Å². The average molecular weight is 214 g/mol. The molecule has 0 spiro atoms. The van der Waals surface area contributed by atoms with Gasteiger partial charge in [0.2, 0.25) is 0 Å². The zero-order chi connectivity index (χ0) is 11.4. The van der Waals surface area contributed by atoms with Crippen LogP contribution in [-0.4, -0.2) is 4.98 Å². The highest BCUT2D eigenvalue weighted by Crippen LogP contribution is 2.13. The van der Waals surface area contributed by atoms with Gasteiger partial charge in [-0.25, -0.2) is 9.55 Å². The third kappa shape index (κ3) is 2.57. The molecule has 82 valence electrons. The SMILES string of the molecule is CC[n+]1ccc(Nc2cc(C)ccn2)cc1. The smallest absolute Gasteiger partial charge is 0.170 e. The van der Waals surface area contributed by atoms with E-state index in [0.29, 0.717) is 0 Å². The predicted molar refractivity (Wildman–Crippen MR) is 64.6 cm³/mol. The fourth-order valence-corrected chi connectivity index (χ4v) is 1.50. The van der Waals surface area contributed by atoms with Gasteiger partial charge >= 0.3 is 0 Å². The van der Waals surface area contributed by atoms with E-state index < -0.39 is 0 Å². The van der Waals surface area contributed by atoms with Crippen LogP contribution in [0.5, 0.6) is 0 Å². The van der Waals surface area contributed by atoms with Gasteiger partial charge in [-0.05, 0) is 31.5 Å². The maximum Gasteiger partial charge on any atom is 0.170 e. The van der Waals surface area contributed by atoms with Gasteiger partial charge in [0.1, 0.15) is 12.4 Å². The lowest BCUT2D eigenvalue weighted by atomic mass is 10.3. The second-order valence-corrected chi connectivity index (χ2v) is 3.76. The molecule has 0 aliphatic carbocycles. The first-order chi connectivity index (χ1) is 7.78. The van der Waals surface area contributed by atoms with Gasteiger partial charge in [0, 0.05) is 18.3 Å². The number of rotatable bonds is 3. The Morgan fingerprint density at radius 1 is 1.25 bits per heavy atom. The molecule has 0 aliphatic heterocycles. The molecule has 2 rings (SSSR count). The van der Waals surface area contributed by atoms with Crippen molar-refractivity contribution in [2.45, 2.75) is 20.4 Å². The molecule has 0 amide bonds. The molecule has 0 aliphatic rings. The third-order valence-corrected chi connectivity index (χ3v) is 2.44. The summed E-state index contributed by atoms with van der Waals surface area (Å²) in [5.74, 6) is 0.884. The van der Waals surface area contributed by atoms with Crippen LogP contribution < -0.4 is 9.88 Å². The van der Waals surface area contributed by atoms with E-state index in [4.69, 9.17) is 0 Å². The number of pyridine rings is 2. The van der Waals surface area contributed by atoms with E-state index in [1.165, 1.54) is 5.56 Å². The summed E-state index contributed by atoms with van der Waals surface area (Å²) in [7, 11) is 0. The molecule has 2 heterocycles. The highest BCUT2D eigenvalue weighted by Gasteiger charge is 1.99. The van der Waals surface area contributed by atoms with E-state index in [1.807, 2.05) is 30.5 Å². The van der Waals surface area contributed by atoms with Crippen molar-refractivity contribution in [3.63, 3.8) is 0 Å². The quantitative estimate of drug-likeness (QED) is 0.795. The molecule has 0 saturated heterocycles. The van der Waals surface area contributed by atoms with Gasteiger partial charge in [-0.15, -0.1) is 0 Å². The van der Waals surface area contributed by atoms with Crippen molar-refractivity contribution in [3.05, 3.63) is 48.4 Å². The first-order valence-corrected chi connectivity index (χ1v) is 5.46. The molecule has 16 heavy (non-hydrogen) atoms. The Bertz CT molecular complexity index is 463. The van der Waals surface area contributed by atoms with Crippen LogP contribution in [-0.2, 0) is 6.54 Å². The summed E-state index contributed by atoms with van der Waals surface area (Å²) in [5, 5.41) is 3.27. The Morgan fingerprint density at radius 2 is 2.00 bits per heavy atom. The summed E-state index contributed by atoms with van der Waals surface area (Å²) in [6.45, 7) is 5.17. The molecule has 0 radical (unpaired) electrons. The van der Waals surface area contributed by atoms with Gasteiger partial charge in [0.25, 0.3) is 0 Å². The minimum atomic E-state index is 0.884. The molecule has 3 nitrogen and oxygen atoms in total. The van der Waals surface area contributed by atoms with Crippen LogP contribution in [0.3, 0.4) is 0 Å². The summed E-state index contributed by atoms with van der Waals surface area (Å²) < 4.78 is 2.12. The van der Waals surface area contributed by atoms with Gasteiger partial charge in [-0.1, -0.05) is 0 Å². The maximum absolute atomic E-state index is 4.26. The summed E-state index contributed by atoms with van der Waals surface area (Å²) >= 11 is 0. The van der Waals surface area contributed by atoms with E-state index in [-0.39, 0.29) is 0 Å². The van der Waals surface area contributed by atoms with Gasteiger partial charge < -0.3 is 5.32 Å². The van der Waals surface area contributed by atoms with Gasteiger partial charge in [0.15, 0.2) is 12.4 Å². The maximum atomic E-state index is 4.26. The van der Waals surface area contributed by atoms with Crippen molar-refractivity contribution in [2.75, 3.05) is 5.32 Å². The second kappa shape index (κ2) is 4.75. The van der Waals surface area contributed by atoms with E-state index in [9.17, 15) is 0 Å². The van der Waals surface area contributed by atoms with E-state index in [2.05, 4.69) is 41.1 Å². The third-order valence-electron chi connectivity index (χ3n) is 2.44. The molecule has 2 aromatic heterocycles. The number of hydrogen-bond donors (Lipinski definition) is 1. The van der Waals surface area contributed by atoms with Crippen molar-refractivity contribution in [1.29, 1.82) is 0 Å². The molecular formula is C13H16N3+. The highest BCUT2D eigenvalue weighted by atomic mass is 15.0. The molecule has 1 N–H and O–H groups in total. The Morgan fingerprint density at radius 3 is 2.62 bits per heavy atom. The molecule has 0 saturated carbocycles. The molecule has 0 unspecified atom stereocenters. The van der Waals surface area contributed by atoms with Crippen LogP contribution in [0.1, 0.15) is 12.5 Å². The Hall–Kier alpha value is -1.90. The topological polar surface area (TPSA) is 28.8 Å². The molecule has 3 heteroatoms. The molecule has 0 atom stereocenters. The number of aryl methyl sites for hydroxylation is 2. The van der Waals surface area contributed by atoms with Crippen LogP contribution in [0.2, 0.25) is 0 Å². The van der Waals surface area contributed by atoms with Crippen molar-refractivity contribution in [3.8, 4) is 0 Å². The van der Waals surface area contributed by atoms with Crippen molar-refractivity contribution < 1.29 is 4.57 Å². The second-order valence-electron chi connectivity index (χ2n) is 3.76. The summed E-state index contributed by atoms with van der Waals surface area (Å²) in [5.41, 5.74) is 2.26. The Labute approximate surface area is 95.8 Å². The van der Waals surface area contributed by atoms with Crippen molar-refractivity contribution in [2.24, 2.45) is 0 Å². The molecular weight excluding hydrogens is 198 g/mol. The largest absolute Gasteiger partial charge is 0.340 e. The molecule has 0 aromatic carbocycles. The first kappa shape index (κ1) is 10.6. The molecule has 0 bridgehead atoms. The van der Waals surface area contributed by atoms with Crippen LogP contribution in [0.4, 0.5) is 11.5 Å². The zero-order valence-corrected chi connectivity index (χ0v) is 9.64. The Kier molecular flexibility index (Phi) is 3.15. The van der Waals surface area contributed by atoms with Crippen LogP contribution in [0, 0.1) is 6.92 Å². The minimum absolute atomic E-state index is 0.884. The number of hydrogen-bond acceptors (Lipinski definition) is 2. The van der Waals surface area contributed by atoms with E-state index in [1.54, 1.807) is 0 Å². The number of nitrogens with zero attached hydrogens (tertiary/aromatic N) is 2. The first-order valence-electron chi connectivity index (χ1n) is 5.46.